The minimum atomic E-state index is -0.0347. The highest BCUT2D eigenvalue weighted by Gasteiger charge is 1.95. The minimum absolute atomic E-state index is 0.0347. The molecular weight excluding hydrogens is 124 g/mol. The zero-order valence-corrected chi connectivity index (χ0v) is 5.53. The largest absolute Gasteiger partial charge is 0.394 e. The number of aliphatic hydroxyl groups is 1. The molecule has 0 radical (unpaired) electrons. The third-order valence-electron chi connectivity index (χ3n) is 0.663. The Morgan fingerprint density at radius 3 is 2.62 bits per heavy atom. The van der Waals surface area contributed by atoms with Crippen molar-refractivity contribution >= 4 is 17.3 Å². The zero-order valence-electron chi connectivity index (χ0n) is 4.72. The fraction of sp³-hybridized carbons (Fsp3) is 0.750. The summed E-state index contributed by atoms with van der Waals surface area (Å²) in [7, 11) is 0. The number of hydrogen-bond acceptors (Lipinski definition) is 2. The summed E-state index contributed by atoms with van der Waals surface area (Å²) in [6.07, 6.45) is 0. The Morgan fingerprint density at radius 2 is 2.50 bits per heavy atom. The van der Waals surface area contributed by atoms with Gasteiger partial charge in [0.25, 0.3) is 0 Å². The molecule has 0 aliphatic carbocycles. The fourth-order valence-electron chi connectivity index (χ4n) is 0.288. The summed E-state index contributed by atoms with van der Waals surface area (Å²) in [6.45, 7) is 1.84. The van der Waals surface area contributed by atoms with Crippen LogP contribution in [0.5, 0.6) is 0 Å². The van der Waals surface area contributed by atoms with Crippen LogP contribution in [0.1, 0.15) is 6.92 Å². The van der Waals surface area contributed by atoms with Crippen molar-refractivity contribution in [3.05, 3.63) is 0 Å². The lowest BCUT2D eigenvalue weighted by molar-refractivity contribution is 0.264. The third kappa shape index (κ3) is 3.83. The molecule has 0 aromatic carbocycles. The topological polar surface area (TPSA) is 58.3 Å². The van der Waals surface area contributed by atoms with Crippen LogP contribution in [-0.4, -0.2) is 22.9 Å². The van der Waals surface area contributed by atoms with Gasteiger partial charge in [0.05, 0.1) is 6.61 Å². The van der Waals surface area contributed by atoms with Crippen molar-refractivity contribution in [3.63, 3.8) is 0 Å². The van der Waals surface area contributed by atoms with Gasteiger partial charge in [0.15, 0.2) is 5.11 Å². The molecule has 0 fully saturated rings. The molecule has 0 heterocycles. The summed E-state index contributed by atoms with van der Waals surface area (Å²) in [6, 6.07) is -0.0347. The van der Waals surface area contributed by atoms with E-state index in [1.165, 1.54) is 0 Å². The summed E-state index contributed by atoms with van der Waals surface area (Å²) >= 11 is 4.49. The number of nitrogens with two attached hydrogens (primary N) is 1. The summed E-state index contributed by atoms with van der Waals surface area (Å²) in [5, 5.41) is 11.3. The first-order valence-corrected chi connectivity index (χ1v) is 2.74. The number of rotatable bonds is 2. The Bertz CT molecular complexity index is 86.1. The molecule has 4 heteroatoms. The molecular formula is C4H10N2OS. The van der Waals surface area contributed by atoms with Gasteiger partial charge in [-0.3, -0.25) is 0 Å². The molecule has 1 unspecified atom stereocenters. The van der Waals surface area contributed by atoms with Crippen LogP contribution in [0.2, 0.25) is 0 Å². The lowest BCUT2D eigenvalue weighted by Gasteiger charge is -2.08. The van der Waals surface area contributed by atoms with E-state index in [1.54, 1.807) is 6.92 Å². The van der Waals surface area contributed by atoms with Gasteiger partial charge in [0.2, 0.25) is 0 Å². The van der Waals surface area contributed by atoms with Crippen molar-refractivity contribution in [2.24, 2.45) is 5.73 Å². The maximum absolute atomic E-state index is 8.41. The van der Waals surface area contributed by atoms with Gasteiger partial charge >= 0.3 is 0 Å². The molecule has 0 rings (SSSR count). The molecule has 0 aliphatic heterocycles. The molecule has 0 saturated carbocycles. The van der Waals surface area contributed by atoms with Crippen LogP contribution in [-0.2, 0) is 0 Å². The predicted octanol–water partition coefficient (Wildman–Crippen LogP) is -0.800. The van der Waals surface area contributed by atoms with E-state index in [9.17, 15) is 0 Å². The normalized spacial score (nSPS) is 12.8. The van der Waals surface area contributed by atoms with Crippen LogP contribution in [0.25, 0.3) is 0 Å². The van der Waals surface area contributed by atoms with Crippen molar-refractivity contribution in [2.75, 3.05) is 6.61 Å². The molecule has 0 bridgehead atoms. The van der Waals surface area contributed by atoms with Gasteiger partial charge in [0.1, 0.15) is 0 Å². The second-order valence-corrected chi connectivity index (χ2v) is 2.03. The van der Waals surface area contributed by atoms with Gasteiger partial charge in [-0.15, -0.1) is 0 Å². The second-order valence-electron chi connectivity index (χ2n) is 1.59. The molecule has 0 aliphatic rings. The molecule has 0 amide bonds. The Hall–Kier alpha value is -0.350. The average molecular weight is 134 g/mol. The summed E-state index contributed by atoms with van der Waals surface area (Å²) in [5.41, 5.74) is 5.08. The van der Waals surface area contributed by atoms with E-state index in [1.807, 2.05) is 0 Å². The van der Waals surface area contributed by atoms with E-state index in [2.05, 4.69) is 17.5 Å². The quantitative estimate of drug-likeness (QED) is 0.433. The summed E-state index contributed by atoms with van der Waals surface area (Å²) < 4.78 is 0. The molecule has 4 N–H and O–H groups in total. The third-order valence-corrected chi connectivity index (χ3v) is 0.780. The van der Waals surface area contributed by atoms with Gasteiger partial charge in [-0.2, -0.15) is 0 Å². The zero-order chi connectivity index (χ0) is 6.57. The molecule has 48 valence electrons. The lowest BCUT2D eigenvalue weighted by Crippen LogP contribution is -2.38. The molecule has 0 spiro atoms. The van der Waals surface area contributed by atoms with E-state index in [0.717, 1.165) is 0 Å². The van der Waals surface area contributed by atoms with E-state index < -0.39 is 0 Å². The Labute approximate surface area is 53.9 Å². The van der Waals surface area contributed by atoms with Crippen molar-refractivity contribution < 1.29 is 5.11 Å². The highest BCUT2D eigenvalue weighted by atomic mass is 32.1. The standard InChI is InChI=1S/C4H10N2OS/c1-3(2-7)6-4(5)8/h3,7H,2H2,1H3,(H3,5,6,8). The van der Waals surface area contributed by atoms with Crippen LogP contribution in [0.3, 0.4) is 0 Å². The minimum Gasteiger partial charge on any atom is -0.394 e. The molecule has 0 saturated heterocycles. The van der Waals surface area contributed by atoms with Crippen LogP contribution >= 0.6 is 12.2 Å². The first-order chi connectivity index (χ1) is 3.66. The summed E-state index contributed by atoms with van der Waals surface area (Å²) in [4.78, 5) is 0. The first kappa shape index (κ1) is 7.65. The highest BCUT2D eigenvalue weighted by Crippen LogP contribution is 1.74. The highest BCUT2D eigenvalue weighted by molar-refractivity contribution is 7.80. The van der Waals surface area contributed by atoms with Gasteiger partial charge in [-0.25, -0.2) is 0 Å². The first-order valence-electron chi connectivity index (χ1n) is 2.33. The van der Waals surface area contributed by atoms with E-state index in [0.29, 0.717) is 0 Å². The van der Waals surface area contributed by atoms with Crippen LogP contribution < -0.4 is 11.1 Å². The molecule has 3 nitrogen and oxygen atoms in total. The van der Waals surface area contributed by atoms with E-state index in [-0.39, 0.29) is 17.8 Å². The number of hydrogen-bond donors (Lipinski definition) is 3. The number of aliphatic hydroxyl groups excluding tert-OH is 1. The molecule has 1 atom stereocenters. The maximum atomic E-state index is 8.41. The molecule has 8 heavy (non-hydrogen) atoms. The van der Waals surface area contributed by atoms with E-state index >= 15 is 0 Å². The fourth-order valence-corrected chi connectivity index (χ4v) is 0.490. The van der Waals surface area contributed by atoms with Gasteiger partial charge in [-0.05, 0) is 19.1 Å². The monoisotopic (exact) mass is 134 g/mol. The number of thiocarbonyl (C=S) groups is 1. The Morgan fingerprint density at radius 1 is 2.00 bits per heavy atom. The Balaban J connectivity index is 3.24. The SMILES string of the molecule is CC(CO)NC(N)=S. The van der Waals surface area contributed by atoms with Crippen LogP contribution in [0.15, 0.2) is 0 Å². The van der Waals surface area contributed by atoms with Gasteiger partial charge in [0, 0.05) is 6.04 Å². The molecule has 0 aromatic rings. The van der Waals surface area contributed by atoms with Crippen molar-refractivity contribution in [1.82, 2.24) is 5.32 Å². The number of nitrogens with one attached hydrogen (secondary N) is 1. The maximum Gasteiger partial charge on any atom is 0.163 e. The van der Waals surface area contributed by atoms with Crippen molar-refractivity contribution in [2.45, 2.75) is 13.0 Å². The smallest absolute Gasteiger partial charge is 0.163 e. The van der Waals surface area contributed by atoms with Crippen molar-refractivity contribution in [1.29, 1.82) is 0 Å². The van der Waals surface area contributed by atoms with E-state index in [4.69, 9.17) is 10.8 Å². The van der Waals surface area contributed by atoms with Crippen LogP contribution in [0, 0.1) is 0 Å². The lowest BCUT2D eigenvalue weighted by atomic mass is 10.4. The van der Waals surface area contributed by atoms with Crippen LogP contribution in [0.4, 0.5) is 0 Å². The summed E-state index contributed by atoms with van der Waals surface area (Å²) in [5.74, 6) is 0. The second kappa shape index (κ2) is 3.63. The van der Waals surface area contributed by atoms with Gasteiger partial charge in [-0.1, -0.05) is 0 Å². The van der Waals surface area contributed by atoms with Crippen molar-refractivity contribution in [3.8, 4) is 0 Å². The predicted molar refractivity (Wildman–Crippen MR) is 36.5 cm³/mol. The molecule has 0 aromatic heterocycles. The van der Waals surface area contributed by atoms with Gasteiger partial charge < -0.3 is 16.2 Å². The Kier molecular flexibility index (Phi) is 3.47. The average Bonchev–Trinajstić information content (AvgIpc) is 1.65.